The first-order chi connectivity index (χ1) is 10.7. The molecule has 0 saturated heterocycles. The van der Waals surface area contributed by atoms with Crippen molar-refractivity contribution in [2.24, 2.45) is 5.10 Å². The summed E-state index contributed by atoms with van der Waals surface area (Å²) < 4.78 is 6.16. The molecular weight excluding hydrogens is 344 g/mol. The smallest absolute Gasteiger partial charge is 0.275 e. The van der Waals surface area contributed by atoms with Crippen LogP contribution in [0.25, 0.3) is 6.08 Å². The van der Waals surface area contributed by atoms with E-state index in [0.29, 0.717) is 11.3 Å². The number of ether oxygens (including phenoxy) is 1. The topological polar surface area (TPSA) is 50.7 Å². The first-order valence-corrected chi connectivity index (χ1v) is 7.38. The molecule has 0 bridgehead atoms. The van der Waals surface area contributed by atoms with Crippen molar-refractivity contribution in [2.75, 3.05) is 7.11 Å². The third-order valence-electron chi connectivity index (χ3n) is 2.84. The summed E-state index contributed by atoms with van der Waals surface area (Å²) in [6.45, 7) is 0. The van der Waals surface area contributed by atoms with Crippen LogP contribution in [-0.4, -0.2) is 19.2 Å². The zero-order valence-electron chi connectivity index (χ0n) is 12.0. The van der Waals surface area contributed by atoms with Gasteiger partial charge in [-0.2, -0.15) is 5.10 Å². The van der Waals surface area contributed by atoms with Crippen molar-refractivity contribution in [1.29, 1.82) is 0 Å². The molecular formula is C17H15BrN2O2. The van der Waals surface area contributed by atoms with Gasteiger partial charge >= 0.3 is 0 Å². The van der Waals surface area contributed by atoms with Gasteiger partial charge in [-0.1, -0.05) is 46.3 Å². The molecule has 0 atom stereocenters. The van der Waals surface area contributed by atoms with E-state index in [9.17, 15) is 4.79 Å². The van der Waals surface area contributed by atoms with E-state index in [0.717, 1.165) is 10.0 Å². The fourth-order valence-electron chi connectivity index (χ4n) is 1.76. The summed E-state index contributed by atoms with van der Waals surface area (Å²) in [7, 11) is 1.52. The number of carbonyl (C=O) groups excluding carboxylic acids is 1. The van der Waals surface area contributed by atoms with Gasteiger partial charge in [0.25, 0.3) is 5.91 Å². The van der Waals surface area contributed by atoms with Crippen molar-refractivity contribution in [1.82, 2.24) is 5.43 Å². The normalized spacial score (nSPS) is 11.0. The molecule has 0 aliphatic heterocycles. The van der Waals surface area contributed by atoms with Crippen LogP contribution in [0.5, 0.6) is 5.75 Å². The molecule has 2 aromatic carbocycles. The Labute approximate surface area is 137 Å². The Morgan fingerprint density at radius 1 is 1.18 bits per heavy atom. The lowest BCUT2D eigenvalue weighted by molar-refractivity contribution is 0.0952. The van der Waals surface area contributed by atoms with Gasteiger partial charge in [0.15, 0.2) is 0 Å². The van der Waals surface area contributed by atoms with Crippen LogP contribution in [0.2, 0.25) is 0 Å². The molecule has 112 valence electrons. The number of para-hydroxylation sites is 1. The Hall–Kier alpha value is -2.40. The Balaban J connectivity index is 1.92. The van der Waals surface area contributed by atoms with E-state index < -0.39 is 0 Å². The predicted octanol–water partition coefficient (Wildman–Crippen LogP) is 3.89. The Morgan fingerprint density at radius 2 is 1.91 bits per heavy atom. The number of rotatable bonds is 5. The first kappa shape index (κ1) is 16.0. The quantitative estimate of drug-likeness (QED) is 0.651. The van der Waals surface area contributed by atoms with Gasteiger partial charge in [0.1, 0.15) is 5.75 Å². The van der Waals surface area contributed by atoms with Crippen LogP contribution < -0.4 is 10.2 Å². The van der Waals surface area contributed by atoms with Gasteiger partial charge in [-0.3, -0.25) is 4.79 Å². The minimum absolute atomic E-state index is 0.314. The number of nitrogens with zero attached hydrogens (tertiary/aromatic N) is 1. The van der Waals surface area contributed by atoms with Gasteiger partial charge in [0.05, 0.1) is 12.7 Å². The highest BCUT2D eigenvalue weighted by molar-refractivity contribution is 9.10. The summed E-state index contributed by atoms with van der Waals surface area (Å²) in [6, 6.07) is 14.9. The number of carbonyl (C=O) groups is 1. The van der Waals surface area contributed by atoms with Crippen LogP contribution in [0, 0.1) is 0 Å². The van der Waals surface area contributed by atoms with Crippen molar-refractivity contribution in [3.8, 4) is 5.75 Å². The van der Waals surface area contributed by atoms with Crippen molar-refractivity contribution in [3.63, 3.8) is 0 Å². The van der Waals surface area contributed by atoms with Gasteiger partial charge < -0.3 is 4.74 Å². The van der Waals surface area contributed by atoms with Crippen molar-refractivity contribution < 1.29 is 9.53 Å². The monoisotopic (exact) mass is 358 g/mol. The highest BCUT2D eigenvalue weighted by atomic mass is 79.9. The molecule has 0 aromatic heterocycles. The molecule has 1 amide bonds. The van der Waals surface area contributed by atoms with Gasteiger partial charge in [-0.15, -0.1) is 0 Å². The Bertz CT molecular complexity index is 694. The summed E-state index contributed by atoms with van der Waals surface area (Å²) in [4.78, 5) is 12.0. The maximum Gasteiger partial charge on any atom is 0.275 e. The molecule has 1 N–H and O–H groups in total. The highest BCUT2D eigenvalue weighted by Gasteiger charge is 2.09. The molecule has 0 aliphatic rings. The second kappa shape index (κ2) is 8.14. The minimum Gasteiger partial charge on any atom is -0.496 e. The first-order valence-electron chi connectivity index (χ1n) is 6.59. The van der Waals surface area contributed by atoms with Gasteiger partial charge in [0.2, 0.25) is 0 Å². The molecule has 0 radical (unpaired) electrons. The van der Waals surface area contributed by atoms with E-state index in [4.69, 9.17) is 4.74 Å². The van der Waals surface area contributed by atoms with E-state index in [1.54, 1.807) is 30.3 Å². The average molecular weight is 359 g/mol. The SMILES string of the molecule is COc1ccccc1C(=O)NN=CC=Cc1ccc(Br)cc1. The number of allylic oxidation sites excluding steroid dienone is 1. The Morgan fingerprint density at radius 3 is 2.64 bits per heavy atom. The number of hydrogen-bond donors (Lipinski definition) is 1. The molecule has 5 heteroatoms. The fourth-order valence-corrected chi connectivity index (χ4v) is 2.02. The molecule has 0 fully saturated rings. The lowest BCUT2D eigenvalue weighted by Gasteiger charge is -2.05. The predicted molar refractivity (Wildman–Crippen MR) is 92.1 cm³/mol. The average Bonchev–Trinajstić information content (AvgIpc) is 2.56. The molecule has 0 saturated carbocycles. The van der Waals surface area contributed by atoms with Crippen LogP contribution in [0.3, 0.4) is 0 Å². The Kier molecular flexibility index (Phi) is 5.91. The number of halogens is 1. The van der Waals surface area contributed by atoms with Crippen LogP contribution >= 0.6 is 15.9 Å². The second-order valence-electron chi connectivity index (χ2n) is 4.33. The van der Waals surface area contributed by atoms with E-state index in [2.05, 4.69) is 26.5 Å². The third-order valence-corrected chi connectivity index (χ3v) is 3.37. The number of hydrogen-bond acceptors (Lipinski definition) is 3. The lowest BCUT2D eigenvalue weighted by Crippen LogP contribution is -2.18. The van der Waals surface area contributed by atoms with Crippen molar-refractivity contribution in [3.05, 3.63) is 70.2 Å². The van der Waals surface area contributed by atoms with Gasteiger partial charge in [-0.25, -0.2) is 5.43 Å². The van der Waals surface area contributed by atoms with Crippen LogP contribution in [0.15, 0.2) is 64.2 Å². The molecule has 2 rings (SSSR count). The van der Waals surface area contributed by atoms with Gasteiger partial charge in [-0.05, 0) is 35.9 Å². The lowest BCUT2D eigenvalue weighted by atomic mass is 10.2. The number of nitrogens with one attached hydrogen (secondary N) is 1. The molecule has 22 heavy (non-hydrogen) atoms. The maximum atomic E-state index is 12.0. The molecule has 4 nitrogen and oxygen atoms in total. The molecule has 0 aliphatic carbocycles. The van der Waals surface area contributed by atoms with E-state index in [1.165, 1.54) is 13.3 Å². The van der Waals surface area contributed by atoms with Gasteiger partial charge in [0, 0.05) is 10.7 Å². The fraction of sp³-hybridized carbons (Fsp3) is 0.0588. The van der Waals surface area contributed by atoms with E-state index in [-0.39, 0.29) is 5.91 Å². The van der Waals surface area contributed by atoms with Crippen LogP contribution in [0.4, 0.5) is 0 Å². The van der Waals surface area contributed by atoms with Crippen molar-refractivity contribution >= 4 is 34.1 Å². The molecule has 0 heterocycles. The summed E-state index contributed by atoms with van der Waals surface area (Å²) in [5.74, 6) is 0.200. The summed E-state index contributed by atoms with van der Waals surface area (Å²) in [5.41, 5.74) is 3.95. The largest absolute Gasteiger partial charge is 0.496 e. The minimum atomic E-state index is -0.314. The molecule has 2 aromatic rings. The zero-order chi connectivity index (χ0) is 15.8. The second-order valence-corrected chi connectivity index (χ2v) is 5.25. The van der Waals surface area contributed by atoms with Crippen molar-refractivity contribution in [2.45, 2.75) is 0 Å². The summed E-state index contributed by atoms with van der Waals surface area (Å²) >= 11 is 3.38. The standard InChI is InChI=1S/C17H15BrN2O2/c1-22-16-7-3-2-6-15(16)17(21)20-19-12-4-5-13-8-10-14(18)11-9-13/h2-12H,1H3,(H,20,21). The number of benzene rings is 2. The number of hydrazone groups is 1. The third kappa shape index (κ3) is 4.56. The van der Waals surface area contributed by atoms with Crippen LogP contribution in [-0.2, 0) is 0 Å². The highest BCUT2D eigenvalue weighted by Crippen LogP contribution is 2.16. The summed E-state index contributed by atoms with van der Waals surface area (Å²) in [6.07, 6.45) is 5.17. The van der Waals surface area contributed by atoms with E-state index in [1.807, 2.05) is 30.3 Å². The molecule has 0 spiro atoms. The van der Waals surface area contributed by atoms with Crippen LogP contribution in [0.1, 0.15) is 15.9 Å². The number of methoxy groups -OCH3 is 1. The van der Waals surface area contributed by atoms with E-state index >= 15 is 0 Å². The molecule has 0 unspecified atom stereocenters. The zero-order valence-corrected chi connectivity index (χ0v) is 13.6. The maximum absolute atomic E-state index is 12.0. The summed E-state index contributed by atoms with van der Waals surface area (Å²) in [5, 5.41) is 3.88. The number of amides is 1.